The summed E-state index contributed by atoms with van der Waals surface area (Å²) in [6.07, 6.45) is 4.08. The van der Waals surface area contributed by atoms with Crippen LogP contribution < -0.4 is 10.6 Å². The summed E-state index contributed by atoms with van der Waals surface area (Å²) in [5, 5.41) is 6.47. The summed E-state index contributed by atoms with van der Waals surface area (Å²) in [5.74, 6) is 0.895. The number of piperidine rings is 1. The summed E-state index contributed by atoms with van der Waals surface area (Å²) in [5.41, 5.74) is 1.24. The first-order valence-electron chi connectivity index (χ1n) is 8.35. The van der Waals surface area contributed by atoms with Gasteiger partial charge in [0, 0.05) is 13.0 Å². The summed E-state index contributed by atoms with van der Waals surface area (Å²) in [6, 6.07) is 10.6. The summed E-state index contributed by atoms with van der Waals surface area (Å²) in [7, 11) is 4.11. The standard InChI is InChI=1S/C18H29N3O/c1-21(2)17(16-6-4-3-5-7-16)14-20-18(22)9-8-15-10-12-19-13-11-15/h3-7,15,17,19H,8-14H2,1-2H3,(H,20,22). The van der Waals surface area contributed by atoms with E-state index in [0.717, 1.165) is 19.5 Å². The van der Waals surface area contributed by atoms with Crippen molar-refractivity contribution in [1.29, 1.82) is 0 Å². The van der Waals surface area contributed by atoms with Crippen molar-refractivity contribution in [3.05, 3.63) is 35.9 Å². The van der Waals surface area contributed by atoms with Gasteiger partial charge in [-0.2, -0.15) is 0 Å². The molecule has 0 aromatic heterocycles. The molecule has 1 unspecified atom stereocenters. The van der Waals surface area contributed by atoms with Crippen molar-refractivity contribution < 1.29 is 4.79 Å². The molecule has 4 nitrogen and oxygen atoms in total. The molecule has 2 rings (SSSR count). The van der Waals surface area contributed by atoms with E-state index in [-0.39, 0.29) is 11.9 Å². The second-order valence-electron chi connectivity index (χ2n) is 6.43. The van der Waals surface area contributed by atoms with Crippen LogP contribution in [0.1, 0.15) is 37.3 Å². The molecule has 1 fully saturated rings. The minimum atomic E-state index is 0.182. The smallest absolute Gasteiger partial charge is 0.220 e. The zero-order valence-electron chi connectivity index (χ0n) is 13.8. The average molecular weight is 303 g/mol. The molecule has 0 radical (unpaired) electrons. The second-order valence-corrected chi connectivity index (χ2v) is 6.43. The van der Waals surface area contributed by atoms with Crippen molar-refractivity contribution in [1.82, 2.24) is 15.5 Å². The Labute approximate surface area is 134 Å². The number of hydrogen-bond acceptors (Lipinski definition) is 3. The van der Waals surface area contributed by atoms with E-state index in [9.17, 15) is 4.79 Å². The van der Waals surface area contributed by atoms with Gasteiger partial charge in [0.05, 0.1) is 6.04 Å². The van der Waals surface area contributed by atoms with E-state index < -0.39 is 0 Å². The SMILES string of the molecule is CN(C)C(CNC(=O)CCC1CCNCC1)c1ccccc1. The van der Waals surface area contributed by atoms with E-state index >= 15 is 0 Å². The van der Waals surface area contributed by atoms with Crippen molar-refractivity contribution in [2.45, 2.75) is 31.7 Å². The molecule has 0 saturated carbocycles. The molecule has 22 heavy (non-hydrogen) atoms. The van der Waals surface area contributed by atoms with Crippen LogP contribution in [-0.2, 0) is 4.79 Å². The monoisotopic (exact) mass is 303 g/mol. The molecule has 1 saturated heterocycles. The van der Waals surface area contributed by atoms with E-state index in [1.165, 1.54) is 18.4 Å². The maximum atomic E-state index is 12.1. The molecule has 4 heteroatoms. The number of hydrogen-bond donors (Lipinski definition) is 2. The maximum Gasteiger partial charge on any atom is 0.220 e. The third-order valence-electron chi connectivity index (χ3n) is 4.54. The Hall–Kier alpha value is -1.39. The predicted molar refractivity (Wildman–Crippen MR) is 90.7 cm³/mol. The number of carbonyl (C=O) groups is 1. The van der Waals surface area contributed by atoms with E-state index in [1.807, 2.05) is 18.2 Å². The lowest BCUT2D eigenvalue weighted by molar-refractivity contribution is -0.121. The fourth-order valence-corrected chi connectivity index (χ4v) is 3.08. The number of benzene rings is 1. The zero-order valence-corrected chi connectivity index (χ0v) is 13.8. The van der Waals surface area contributed by atoms with Gasteiger partial charge >= 0.3 is 0 Å². The number of likely N-dealkylation sites (N-methyl/N-ethyl adjacent to an activating group) is 1. The minimum absolute atomic E-state index is 0.182. The molecule has 1 aliphatic rings. The van der Waals surface area contributed by atoms with Crippen LogP contribution in [0.15, 0.2) is 30.3 Å². The van der Waals surface area contributed by atoms with E-state index in [1.54, 1.807) is 0 Å². The van der Waals surface area contributed by atoms with Crippen LogP contribution >= 0.6 is 0 Å². The first-order valence-corrected chi connectivity index (χ1v) is 8.35. The number of nitrogens with one attached hydrogen (secondary N) is 2. The lowest BCUT2D eigenvalue weighted by Gasteiger charge is -2.25. The Kier molecular flexibility index (Phi) is 6.87. The molecule has 0 bridgehead atoms. The molecule has 1 aromatic rings. The Morgan fingerprint density at radius 1 is 1.27 bits per heavy atom. The molecule has 1 amide bonds. The Morgan fingerprint density at radius 3 is 2.59 bits per heavy atom. The Morgan fingerprint density at radius 2 is 1.95 bits per heavy atom. The lowest BCUT2D eigenvalue weighted by atomic mass is 9.93. The fraction of sp³-hybridized carbons (Fsp3) is 0.611. The summed E-state index contributed by atoms with van der Waals surface area (Å²) < 4.78 is 0. The molecular formula is C18H29N3O. The molecule has 1 heterocycles. The van der Waals surface area contributed by atoms with Crippen molar-refractivity contribution in [2.75, 3.05) is 33.7 Å². The van der Waals surface area contributed by atoms with Crippen LogP contribution in [0.4, 0.5) is 0 Å². The molecule has 1 aliphatic heterocycles. The normalized spacial score (nSPS) is 17.4. The lowest BCUT2D eigenvalue weighted by Crippen LogP contribution is -2.35. The van der Waals surface area contributed by atoms with E-state index in [2.05, 4.69) is 41.8 Å². The molecule has 0 aliphatic carbocycles. The van der Waals surface area contributed by atoms with Crippen LogP contribution in [0.25, 0.3) is 0 Å². The zero-order chi connectivity index (χ0) is 15.8. The van der Waals surface area contributed by atoms with Crippen molar-refractivity contribution in [3.8, 4) is 0 Å². The van der Waals surface area contributed by atoms with Crippen LogP contribution in [0.3, 0.4) is 0 Å². The second kappa shape index (κ2) is 8.91. The van der Waals surface area contributed by atoms with Crippen LogP contribution in [0.5, 0.6) is 0 Å². The Balaban J connectivity index is 1.75. The van der Waals surface area contributed by atoms with Crippen LogP contribution in [0, 0.1) is 5.92 Å². The Bertz CT molecular complexity index is 441. The van der Waals surface area contributed by atoms with Gasteiger partial charge in [0.25, 0.3) is 0 Å². The highest BCUT2D eigenvalue weighted by atomic mass is 16.1. The van der Waals surface area contributed by atoms with Gasteiger partial charge in [0.2, 0.25) is 5.91 Å². The topological polar surface area (TPSA) is 44.4 Å². The first kappa shape index (κ1) is 17.0. The van der Waals surface area contributed by atoms with Gasteiger partial charge in [-0.05, 0) is 57.9 Å². The molecule has 2 N–H and O–H groups in total. The fourth-order valence-electron chi connectivity index (χ4n) is 3.08. The largest absolute Gasteiger partial charge is 0.354 e. The third-order valence-corrected chi connectivity index (χ3v) is 4.54. The van der Waals surface area contributed by atoms with E-state index in [4.69, 9.17) is 0 Å². The highest BCUT2D eigenvalue weighted by Crippen LogP contribution is 2.19. The highest BCUT2D eigenvalue weighted by Gasteiger charge is 2.17. The van der Waals surface area contributed by atoms with Gasteiger partial charge in [0.1, 0.15) is 0 Å². The maximum absolute atomic E-state index is 12.1. The van der Waals surface area contributed by atoms with Crippen molar-refractivity contribution >= 4 is 5.91 Å². The number of nitrogens with zero attached hydrogens (tertiary/aromatic N) is 1. The highest BCUT2D eigenvalue weighted by molar-refractivity contribution is 5.75. The first-order chi connectivity index (χ1) is 10.7. The molecule has 0 spiro atoms. The molecule has 122 valence electrons. The van der Waals surface area contributed by atoms with Crippen LogP contribution in [0.2, 0.25) is 0 Å². The van der Waals surface area contributed by atoms with Gasteiger partial charge in [-0.25, -0.2) is 0 Å². The summed E-state index contributed by atoms with van der Waals surface area (Å²) in [6.45, 7) is 2.87. The minimum Gasteiger partial charge on any atom is -0.354 e. The number of rotatable bonds is 7. The average Bonchev–Trinajstić information content (AvgIpc) is 2.55. The molecular weight excluding hydrogens is 274 g/mol. The van der Waals surface area contributed by atoms with Gasteiger partial charge in [-0.3, -0.25) is 4.79 Å². The van der Waals surface area contributed by atoms with Gasteiger partial charge in [-0.15, -0.1) is 0 Å². The molecule has 1 atom stereocenters. The van der Waals surface area contributed by atoms with E-state index in [0.29, 0.717) is 18.9 Å². The predicted octanol–water partition coefficient (Wildman–Crippen LogP) is 2.19. The number of amides is 1. The van der Waals surface area contributed by atoms with Gasteiger partial charge in [-0.1, -0.05) is 30.3 Å². The van der Waals surface area contributed by atoms with Gasteiger partial charge in [0.15, 0.2) is 0 Å². The summed E-state index contributed by atoms with van der Waals surface area (Å²) >= 11 is 0. The summed E-state index contributed by atoms with van der Waals surface area (Å²) in [4.78, 5) is 14.3. The number of carbonyl (C=O) groups excluding carboxylic acids is 1. The molecule has 1 aromatic carbocycles. The van der Waals surface area contributed by atoms with Gasteiger partial charge < -0.3 is 15.5 Å². The quantitative estimate of drug-likeness (QED) is 0.811. The van der Waals surface area contributed by atoms with Crippen molar-refractivity contribution in [2.24, 2.45) is 5.92 Å². The van der Waals surface area contributed by atoms with Crippen molar-refractivity contribution in [3.63, 3.8) is 0 Å². The third kappa shape index (κ3) is 5.43. The van der Waals surface area contributed by atoms with Crippen LogP contribution in [-0.4, -0.2) is 44.5 Å².